The van der Waals surface area contributed by atoms with Crippen LogP contribution in [0.15, 0.2) is 0 Å². The number of hydrogen-bond donors (Lipinski definition) is 1. The predicted octanol–water partition coefficient (Wildman–Crippen LogP) is 2.55. The van der Waals surface area contributed by atoms with Crippen LogP contribution in [0.3, 0.4) is 0 Å². The van der Waals surface area contributed by atoms with Crippen LogP contribution in [0.1, 0.15) is 58.8 Å². The average molecular weight is 266 g/mol. The van der Waals surface area contributed by atoms with Crippen LogP contribution < -0.4 is 5.32 Å². The summed E-state index contributed by atoms with van der Waals surface area (Å²) in [5.74, 6) is 0. The Labute approximate surface area is 118 Å². The highest BCUT2D eigenvalue weighted by Gasteiger charge is 2.39. The van der Waals surface area contributed by atoms with E-state index in [1.165, 1.54) is 38.5 Å². The van der Waals surface area contributed by atoms with Crippen molar-refractivity contribution in [1.29, 1.82) is 0 Å². The van der Waals surface area contributed by atoms with Crippen molar-refractivity contribution < 1.29 is 4.74 Å². The smallest absolute Gasteiger partial charge is 0.0666 e. The molecule has 3 aliphatic heterocycles. The quantitative estimate of drug-likeness (QED) is 0.849. The van der Waals surface area contributed by atoms with E-state index in [1.54, 1.807) is 0 Å². The number of nitrogens with one attached hydrogen (secondary N) is 1. The first-order valence-electron chi connectivity index (χ1n) is 8.21. The fraction of sp³-hybridized carbons (Fsp3) is 1.00. The highest BCUT2D eigenvalue weighted by Crippen LogP contribution is 2.35. The van der Waals surface area contributed by atoms with Gasteiger partial charge >= 0.3 is 0 Å². The molecular weight excluding hydrogens is 236 g/mol. The summed E-state index contributed by atoms with van der Waals surface area (Å²) in [5.41, 5.74) is 0.114. The molecule has 4 unspecified atom stereocenters. The molecule has 19 heavy (non-hydrogen) atoms. The molecule has 0 amide bonds. The van der Waals surface area contributed by atoms with Crippen molar-refractivity contribution in [3.05, 3.63) is 0 Å². The molecule has 1 N–H and O–H groups in total. The Kier molecular flexibility index (Phi) is 3.89. The van der Waals surface area contributed by atoms with Gasteiger partial charge in [-0.25, -0.2) is 0 Å². The van der Waals surface area contributed by atoms with Crippen molar-refractivity contribution in [1.82, 2.24) is 10.2 Å². The Morgan fingerprint density at radius 2 is 1.84 bits per heavy atom. The Bertz CT molecular complexity index is 310. The summed E-state index contributed by atoms with van der Waals surface area (Å²) in [7, 11) is 2.36. The predicted molar refractivity (Wildman–Crippen MR) is 78.4 cm³/mol. The maximum absolute atomic E-state index is 6.00. The third-order valence-corrected chi connectivity index (χ3v) is 5.92. The summed E-state index contributed by atoms with van der Waals surface area (Å²) in [4.78, 5) is 2.70. The molecule has 3 heterocycles. The summed E-state index contributed by atoms with van der Waals surface area (Å²) in [6.07, 6.45) is 9.06. The molecule has 0 aliphatic carbocycles. The lowest BCUT2D eigenvalue weighted by Gasteiger charge is -2.45. The average Bonchev–Trinajstić information content (AvgIpc) is 2.76. The molecule has 0 radical (unpaired) electrons. The molecule has 3 saturated heterocycles. The van der Waals surface area contributed by atoms with E-state index in [0.717, 1.165) is 37.2 Å². The van der Waals surface area contributed by atoms with Crippen LogP contribution in [0.4, 0.5) is 0 Å². The number of nitrogens with zero attached hydrogens (tertiary/aromatic N) is 1. The van der Waals surface area contributed by atoms with Crippen LogP contribution in [-0.2, 0) is 4.74 Å². The number of ether oxygens (including phenoxy) is 1. The number of piperidine rings is 1. The van der Waals surface area contributed by atoms with E-state index < -0.39 is 0 Å². The lowest BCUT2D eigenvalue weighted by atomic mass is 9.87. The molecule has 3 heteroatoms. The molecule has 0 aromatic heterocycles. The van der Waals surface area contributed by atoms with Crippen LogP contribution in [-0.4, -0.2) is 48.3 Å². The van der Waals surface area contributed by atoms with Gasteiger partial charge in [0.1, 0.15) is 0 Å². The second kappa shape index (κ2) is 5.34. The van der Waals surface area contributed by atoms with Crippen LogP contribution in [0.5, 0.6) is 0 Å². The van der Waals surface area contributed by atoms with E-state index in [1.807, 2.05) is 0 Å². The SMILES string of the molecule is CCC1(C)CC(N(C)C2CC3CCC(C2)N3)CCO1. The van der Waals surface area contributed by atoms with Gasteiger partial charge in [0.15, 0.2) is 0 Å². The van der Waals surface area contributed by atoms with Gasteiger partial charge in [-0.05, 0) is 58.9 Å². The Morgan fingerprint density at radius 3 is 2.47 bits per heavy atom. The van der Waals surface area contributed by atoms with Crippen molar-refractivity contribution in [3.8, 4) is 0 Å². The van der Waals surface area contributed by atoms with Crippen molar-refractivity contribution in [3.63, 3.8) is 0 Å². The molecule has 3 rings (SSSR count). The van der Waals surface area contributed by atoms with Crippen LogP contribution in [0.25, 0.3) is 0 Å². The molecule has 3 nitrogen and oxygen atoms in total. The highest BCUT2D eigenvalue weighted by molar-refractivity contribution is 4.97. The number of rotatable bonds is 3. The van der Waals surface area contributed by atoms with E-state index in [-0.39, 0.29) is 5.60 Å². The minimum atomic E-state index is 0.114. The first-order valence-corrected chi connectivity index (χ1v) is 8.21. The Morgan fingerprint density at radius 1 is 1.16 bits per heavy atom. The first-order chi connectivity index (χ1) is 9.09. The van der Waals surface area contributed by atoms with Gasteiger partial charge in [-0.2, -0.15) is 0 Å². The summed E-state index contributed by atoms with van der Waals surface area (Å²) in [6, 6.07) is 3.11. The molecule has 0 aromatic carbocycles. The minimum Gasteiger partial charge on any atom is -0.375 e. The van der Waals surface area contributed by atoms with Gasteiger partial charge in [0, 0.05) is 30.8 Å². The first kappa shape index (κ1) is 13.8. The molecule has 0 aromatic rings. The summed E-state index contributed by atoms with van der Waals surface area (Å²) < 4.78 is 6.00. The molecular formula is C16H30N2O. The van der Waals surface area contributed by atoms with E-state index in [4.69, 9.17) is 4.74 Å². The van der Waals surface area contributed by atoms with Crippen LogP contribution in [0, 0.1) is 0 Å². The third kappa shape index (κ3) is 2.84. The molecule has 0 saturated carbocycles. The maximum Gasteiger partial charge on any atom is 0.0666 e. The van der Waals surface area contributed by atoms with Crippen molar-refractivity contribution >= 4 is 0 Å². The zero-order valence-electron chi connectivity index (χ0n) is 12.8. The Hall–Kier alpha value is -0.120. The molecule has 2 bridgehead atoms. The normalized spacial score (nSPS) is 46.7. The fourth-order valence-electron chi connectivity index (χ4n) is 4.35. The summed E-state index contributed by atoms with van der Waals surface area (Å²) in [6.45, 7) is 5.49. The molecule has 4 atom stereocenters. The van der Waals surface area contributed by atoms with Crippen molar-refractivity contribution in [2.45, 2.75) is 88.6 Å². The summed E-state index contributed by atoms with van der Waals surface area (Å²) >= 11 is 0. The fourth-order valence-corrected chi connectivity index (χ4v) is 4.35. The van der Waals surface area contributed by atoms with E-state index in [2.05, 4.69) is 31.1 Å². The zero-order chi connectivity index (χ0) is 13.5. The topological polar surface area (TPSA) is 24.5 Å². The van der Waals surface area contributed by atoms with Gasteiger partial charge in [-0.3, -0.25) is 0 Å². The minimum absolute atomic E-state index is 0.114. The van der Waals surface area contributed by atoms with Crippen LogP contribution in [0.2, 0.25) is 0 Å². The monoisotopic (exact) mass is 266 g/mol. The van der Waals surface area contributed by atoms with Crippen molar-refractivity contribution in [2.75, 3.05) is 13.7 Å². The molecule has 0 spiro atoms. The highest BCUT2D eigenvalue weighted by atomic mass is 16.5. The second-order valence-electron chi connectivity index (χ2n) is 7.23. The third-order valence-electron chi connectivity index (χ3n) is 5.92. The van der Waals surface area contributed by atoms with Gasteiger partial charge in [-0.1, -0.05) is 6.92 Å². The number of hydrogen-bond acceptors (Lipinski definition) is 3. The summed E-state index contributed by atoms with van der Waals surface area (Å²) in [5, 5.41) is 3.75. The van der Waals surface area contributed by atoms with Gasteiger partial charge < -0.3 is 15.0 Å². The van der Waals surface area contributed by atoms with E-state index in [9.17, 15) is 0 Å². The molecule has 110 valence electrons. The number of fused-ring (bicyclic) bond motifs is 2. The zero-order valence-corrected chi connectivity index (χ0v) is 12.8. The lowest BCUT2D eigenvalue weighted by molar-refractivity contribution is -0.0998. The standard InChI is InChI=1S/C16H30N2O/c1-4-16(2)11-14(7-8-19-16)18(3)15-9-12-5-6-13(10-15)17-12/h12-15,17H,4-11H2,1-3H3. The van der Waals surface area contributed by atoms with Gasteiger partial charge in [0.05, 0.1) is 5.60 Å². The van der Waals surface area contributed by atoms with Gasteiger partial charge in [0.25, 0.3) is 0 Å². The van der Waals surface area contributed by atoms with Gasteiger partial charge in [-0.15, -0.1) is 0 Å². The van der Waals surface area contributed by atoms with E-state index in [0.29, 0.717) is 0 Å². The van der Waals surface area contributed by atoms with Crippen LogP contribution >= 0.6 is 0 Å². The van der Waals surface area contributed by atoms with E-state index >= 15 is 0 Å². The maximum atomic E-state index is 6.00. The second-order valence-corrected chi connectivity index (χ2v) is 7.23. The Balaban J connectivity index is 1.62. The van der Waals surface area contributed by atoms with Gasteiger partial charge in [0.2, 0.25) is 0 Å². The molecule has 3 fully saturated rings. The molecule has 3 aliphatic rings. The van der Waals surface area contributed by atoms with Crippen molar-refractivity contribution in [2.24, 2.45) is 0 Å². The largest absolute Gasteiger partial charge is 0.375 e. The lowest BCUT2D eigenvalue weighted by Crippen LogP contribution is -2.53.